The molecule has 0 radical (unpaired) electrons. The highest BCUT2D eigenvalue weighted by Gasteiger charge is 2.33. The fourth-order valence-corrected chi connectivity index (χ4v) is 1.42. The monoisotopic (exact) mass is 247 g/mol. The average Bonchev–Trinajstić information content (AvgIpc) is 2.29. The Morgan fingerprint density at radius 2 is 1.82 bits per heavy atom. The van der Waals surface area contributed by atoms with Crippen molar-refractivity contribution in [2.24, 2.45) is 5.18 Å². The second-order valence-electron chi connectivity index (χ2n) is 3.89. The molecule has 6 heteroatoms. The zero-order chi connectivity index (χ0) is 13.3. The smallest absolute Gasteiger partial charge is 0.308 e. The van der Waals surface area contributed by atoms with Crippen LogP contribution >= 0.6 is 0 Å². The van der Waals surface area contributed by atoms with Gasteiger partial charge < -0.3 is 14.2 Å². The van der Waals surface area contributed by atoms with Gasteiger partial charge in [-0.15, -0.1) is 0 Å². The lowest BCUT2D eigenvalue weighted by molar-refractivity contribution is -0.153. The van der Waals surface area contributed by atoms with Crippen molar-refractivity contribution in [1.29, 1.82) is 0 Å². The number of carbonyl (C=O) groups is 1. The van der Waals surface area contributed by atoms with E-state index in [-0.39, 0.29) is 12.8 Å². The lowest BCUT2D eigenvalue weighted by Gasteiger charge is -2.25. The van der Waals surface area contributed by atoms with E-state index in [4.69, 9.17) is 9.47 Å². The molecule has 0 bridgehead atoms. The molecule has 0 saturated heterocycles. The van der Waals surface area contributed by atoms with Crippen LogP contribution in [-0.4, -0.2) is 38.1 Å². The van der Waals surface area contributed by atoms with Crippen molar-refractivity contribution in [2.75, 3.05) is 20.3 Å². The number of nitroso groups, excluding NO2 is 1. The summed E-state index contributed by atoms with van der Waals surface area (Å²) >= 11 is 0. The predicted molar refractivity (Wildman–Crippen MR) is 62.5 cm³/mol. The quantitative estimate of drug-likeness (QED) is 0.353. The Morgan fingerprint density at radius 1 is 1.29 bits per heavy atom. The van der Waals surface area contributed by atoms with Crippen molar-refractivity contribution in [3.8, 4) is 0 Å². The van der Waals surface area contributed by atoms with Crippen molar-refractivity contribution < 1.29 is 19.0 Å². The molecule has 0 aliphatic heterocycles. The van der Waals surface area contributed by atoms with Crippen LogP contribution in [0.4, 0.5) is 0 Å². The van der Waals surface area contributed by atoms with E-state index in [1.165, 1.54) is 7.11 Å². The first kappa shape index (κ1) is 16.0. The molecule has 0 N–H and O–H groups in total. The van der Waals surface area contributed by atoms with Crippen molar-refractivity contribution in [2.45, 2.75) is 45.4 Å². The number of hydrogen-bond acceptors (Lipinski definition) is 6. The van der Waals surface area contributed by atoms with Crippen LogP contribution < -0.4 is 0 Å². The van der Waals surface area contributed by atoms with Crippen LogP contribution in [-0.2, 0) is 19.0 Å². The Hall–Kier alpha value is -1.01. The molecule has 0 aromatic heterocycles. The van der Waals surface area contributed by atoms with E-state index in [1.54, 1.807) is 6.92 Å². The van der Waals surface area contributed by atoms with Gasteiger partial charge in [-0.3, -0.25) is 4.79 Å². The van der Waals surface area contributed by atoms with Gasteiger partial charge in [-0.2, -0.15) is 4.91 Å². The molecule has 0 heterocycles. The molecule has 0 aliphatic rings. The highest BCUT2D eigenvalue weighted by molar-refractivity contribution is 5.70. The summed E-state index contributed by atoms with van der Waals surface area (Å²) in [6.45, 7) is 6.19. The number of ether oxygens (including phenoxy) is 3. The number of hydrogen-bond donors (Lipinski definition) is 0. The molecular weight excluding hydrogens is 226 g/mol. The third-order valence-corrected chi connectivity index (χ3v) is 2.28. The Morgan fingerprint density at radius 3 is 2.18 bits per heavy atom. The summed E-state index contributed by atoms with van der Waals surface area (Å²) < 4.78 is 15.2. The minimum Gasteiger partial charge on any atom is -0.469 e. The van der Waals surface area contributed by atoms with Crippen molar-refractivity contribution in [3.63, 3.8) is 0 Å². The maximum atomic E-state index is 11.2. The zero-order valence-corrected chi connectivity index (χ0v) is 10.9. The van der Waals surface area contributed by atoms with Crippen molar-refractivity contribution in [3.05, 3.63) is 4.91 Å². The third-order valence-electron chi connectivity index (χ3n) is 2.28. The molecule has 1 atom stereocenters. The summed E-state index contributed by atoms with van der Waals surface area (Å²) in [5, 5.41) is 3.00. The minimum atomic E-state index is -1.07. The largest absolute Gasteiger partial charge is 0.469 e. The standard InChI is InChI=1S/C11H21NO5/c1-5-16-10(17-6-2)8-11(3,12-14)7-9(13)15-4/h10H,5-8H2,1-4H3. The van der Waals surface area contributed by atoms with Crippen LogP contribution in [0.1, 0.15) is 33.6 Å². The minimum absolute atomic E-state index is 0.0797. The predicted octanol–water partition coefficient (Wildman–Crippen LogP) is 1.86. The van der Waals surface area contributed by atoms with Gasteiger partial charge in [0.05, 0.1) is 13.5 Å². The molecule has 0 fully saturated rings. The molecule has 0 aliphatic carbocycles. The van der Waals surface area contributed by atoms with E-state index < -0.39 is 17.8 Å². The molecule has 0 aromatic rings. The summed E-state index contributed by atoms with van der Waals surface area (Å²) in [5.74, 6) is -0.473. The summed E-state index contributed by atoms with van der Waals surface area (Å²) in [6, 6.07) is 0. The number of rotatable bonds is 9. The first-order valence-corrected chi connectivity index (χ1v) is 5.65. The number of esters is 1. The fraction of sp³-hybridized carbons (Fsp3) is 0.909. The maximum absolute atomic E-state index is 11.2. The number of methoxy groups -OCH3 is 1. The Labute approximate surface area is 102 Å². The zero-order valence-electron chi connectivity index (χ0n) is 10.9. The topological polar surface area (TPSA) is 74.2 Å². The highest BCUT2D eigenvalue weighted by atomic mass is 16.7. The summed E-state index contributed by atoms with van der Waals surface area (Å²) in [5.41, 5.74) is -1.07. The fourth-order valence-electron chi connectivity index (χ4n) is 1.42. The van der Waals surface area contributed by atoms with E-state index in [0.717, 1.165) is 0 Å². The number of carbonyl (C=O) groups excluding carboxylic acids is 1. The van der Waals surface area contributed by atoms with Gasteiger partial charge in [-0.1, -0.05) is 5.18 Å². The molecule has 0 spiro atoms. The van der Waals surface area contributed by atoms with Crippen molar-refractivity contribution in [1.82, 2.24) is 0 Å². The van der Waals surface area contributed by atoms with Gasteiger partial charge in [-0.25, -0.2) is 0 Å². The van der Waals surface area contributed by atoms with E-state index >= 15 is 0 Å². The second-order valence-corrected chi connectivity index (χ2v) is 3.89. The van der Waals surface area contributed by atoms with E-state index in [9.17, 15) is 9.70 Å². The van der Waals surface area contributed by atoms with Crippen LogP contribution in [0.5, 0.6) is 0 Å². The molecule has 17 heavy (non-hydrogen) atoms. The molecule has 1 unspecified atom stereocenters. The molecule has 0 saturated carbocycles. The SMILES string of the molecule is CCOC(CC(C)(CC(=O)OC)N=O)OCC. The van der Waals surface area contributed by atoms with Crippen LogP contribution in [0.2, 0.25) is 0 Å². The van der Waals surface area contributed by atoms with Crippen LogP contribution in [0, 0.1) is 4.91 Å². The first-order valence-electron chi connectivity index (χ1n) is 5.65. The van der Waals surface area contributed by atoms with E-state index in [2.05, 4.69) is 9.91 Å². The normalized spacial score (nSPS) is 14.4. The Balaban J connectivity index is 4.50. The summed E-state index contributed by atoms with van der Waals surface area (Å²) in [4.78, 5) is 22.0. The van der Waals surface area contributed by atoms with Gasteiger partial charge in [0.15, 0.2) is 6.29 Å². The average molecular weight is 247 g/mol. The number of nitrogens with zero attached hydrogens (tertiary/aromatic N) is 1. The van der Waals surface area contributed by atoms with Gasteiger partial charge in [0.25, 0.3) is 0 Å². The Kier molecular flexibility index (Phi) is 7.65. The summed E-state index contributed by atoms with van der Waals surface area (Å²) in [6.07, 6.45) is -0.380. The molecule has 0 rings (SSSR count). The molecule has 0 amide bonds. The van der Waals surface area contributed by atoms with Crippen molar-refractivity contribution >= 4 is 5.97 Å². The molecule has 6 nitrogen and oxygen atoms in total. The lowest BCUT2D eigenvalue weighted by atomic mass is 9.94. The van der Waals surface area contributed by atoms with Crippen LogP contribution in [0.15, 0.2) is 5.18 Å². The lowest BCUT2D eigenvalue weighted by Crippen LogP contribution is -2.33. The highest BCUT2D eigenvalue weighted by Crippen LogP contribution is 2.24. The van der Waals surface area contributed by atoms with Gasteiger partial charge in [0.1, 0.15) is 5.54 Å². The maximum Gasteiger partial charge on any atom is 0.308 e. The Bertz CT molecular complexity index is 240. The van der Waals surface area contributed by atoms with Gasteiger partial charge >= 0.3 is 5.97 Å². The second kappa shape index (κ2) is 8.14. The molecule has 100 valence electrons. The van der Waals surface area contributed by atoms with E-state index in [1.807, 2.05) is 13.8 Å². The van der Waals surface area contributed by atoms with Gasteiger partial charge in [0, 0.05) is 19.6 Å². The van der Waals surface area contributed by atoms with E-state index in [0.29, 0.717) is 13.2 Å². The van der Waals surface area contributed by atoms with Gasteiger partial charge in [0.2, 0.25) is 0 Å². The van der Waals surface area contributed by atoms with Gasteiger partial charge in [-0.05, 0) is 20.8 Å². The van der Waals surface area contributed by atoms with Crippen LogP contribution in [0.3, 0.4) is 0 Å². The molecule has 0 aromatic carbocycles. The van der Waals surface area contributed by atoms with Crippen LogP contribution in [0.25, 0.3) is 0 Å². The third kappa shape index (κ3) is 6.33. The summed E-state index contributed by atoms with van der Waals surface area (Å²) in [7, 11) is 1.27. The first-order chi connectivity index (χ1) is 8.01. The molecular formula is C11H21NO5.